The molecule has 0 aliphatic carbocycles. The lowest BCUT2D eigenvalue weighted by Crippen LogP contribution is -2.47. The maximum absolute atomic E-state index is 11.9. The summed E-state index contributed by atoms with van der Waals surface area (Å²) in [5.41, 5.74) is 3.86. The Morgan fingerprint density at radius 3 is 2.48 bits per heavy atom. The van der Waals surface area contributed by atoms with Crippen LogP contribution < -0.4 is 9.62 Å². The van der Waals surface area contributed by atoms with Crippen molar-refractivity contribution in [2.45, 2.75) is 23.8 Å². The molecule has 7 heteroatoms. The lowest BCUT2D eigenvalue weighted by molar-refractivity contribution is 0.0289. The minimum Gasteiger partial charge on any atom is -0.373 e. The van der Waals surface area contributed by atoms with Crippen molar-refractivity contribution in [1.82, 2.24) is 9.62 Å². The standard InChI is InChI=1S/C22H29N3O3S/c1-23-29(26,27)20-8-6-19(7-9-20)25-15-13-24(14-16-25)12-10-22-21-5-3-2-4-18(21)11-17-28-22/h2-9,22-23H,10-17H2,1H3. The number of nitrogens with zero attached hydrogens (tertiary/aromatic N) is 2. The van der Waals surface area contributed by atoms with Crippen molar-refractivity contribution >= 4 is 15.7 Å². The van der Waals surface area contributed by atoms with Gasteiger partial charge in [-0.1, -0.05) is 24.3 Å². The van der Waals surface area contributed by atoms with E-state index in [0.717, 1.165) is 57.9 Å². The fourth-order valence-corrected chi connectivity index (χ4v) is 4.93. The molecule has 1 fully saturated rings. The summed E-state index contributed by atoms with van der Waals surface area (Å²) in [6.07, 6.45) is 2.24. The second-order valence-electron chi connectivity index (χ2n) is 7.63. The molecular weight excluding hydrogens is 386 g/mol. The Kier molecular flexibility index (Phi) is 6.20. The van der Waals surface area contributed by atoms with Crippen molar-refractivity contribution in [3.63, 3.8) is 0 Å². The minimum atomic E-state index is -3.38. The van der Waals surface area contributed by atoms with Gasteiger partial charge in [0, 0.05) is 38.4 Å². The molecule has 1 atom stereocenters. The van der Waals surface area contributed by atoms with Gasteiger partial charge in [0.25, 0.3) is 0 Å². The van der Waals surface area contributed by atoms with E-state index in [1.165, 1.54) is 18.2 Å². The van der Waals surface area contributed by atoms with Crippen LogP contribution in [0.3, 0.4) is 0 Å². The van der Waals surface area contributed by atoms with Crippen LogP contribution in [0.15, 0.2) is 53.4 Å². The largest absolute Gasteiger partial charge is 0.373 e. The summed E-state index contributed by atoms with van der Waals surface area (Å²) in [5.74, 6) is 0. The van der Waals surface area contributed by atoms with E-state index in [-0.39, 0.29) is 6.10 Å². The summed E-state index contributed by atoms with van der Waals surface area (Å²) in [7, 11) is -1.95. The van der Waals surface area contributed by atoms with Crippen molar-refractivity contribution in [3.8, 4) is 0 Å². The summed E-state index contributed by atoms with van der Waals surface area (Å²) in [6.45, 7) is 5.75. The zero-order chi connectivity index (χ0) is 20.3. The van der Waals surface area contributed by atoms with Crippen LogP contribution in [-0.2, 0) is 21.2 Å². The van der Waals surface area contributed by atoms with E-state index in [1.807, 2.05) is 12.1 Å². The molecule has 6 nitrogen and oxygen atoms in total. The lowest BCUT2D eigenvalue weighted by atomic mass is 9.95. The van der Waals surface area contributed by atoms with Gasteiger partial charge in [-0.3, -0.25) is 4.90 Å². The highest BCUT2D eigenvalue weighted by Gasteiger charge is 2.23. The van der Waals surface area contributed by atoms with Gasteiger partial charge in [0.2, 0.25) is 10.0 Å². The Balaban J connectivity index is 1.29. The molecule has 1 N–H and O–H groups in total. The van der Waals surface area contributed by atoms with E-state index in [0.29, 0.717) is 4.90 Å². The molecule has 0 amide bonds. The van der Waals surface area contributed by atoms with E-state index in [9.17, 15) is 8.42 Å². The first kappa shape index (κ1) is 20.3. The van der Waals surface area contributed by atoms with Crippen LogP contribution in [0.25, 0.3) is 0 Å². The number of sulfonamides is 1. The monoisotopic (exact) mass is 415 g/mol. The SMILES string of the molecule is CNS(=O)(=O)c1ccc(N2CCN(CCC3OCCc4ccccc43)CC2)cc1. The predicted octanol–water partition coefficient (Wildman–Crippen LogP) is 2.42. The summed E-state index contributed by atoms with van der Waals surface area (Å²) >= 11 is 0. The predicted molar refractivity (Wildman–Crippen MR) is 115 cm³/mol. The van der Waals surface area contributed by atoms with Gasteiger partial charge in [-0.05, 0) is 55.3 Å². The molecule has 2 aliphatic heterocycles. The first-order valence-corrected chi connectivity index (χ1v) is 11.8. The third-order valence-corrected chi connectivity index (χ3v) is 7.38. The van der Waals surface area contributed by atoms with Crippen molar-refractivity contribution < 1.29 is 13.2 Å². The molecule has 0 spiro atoms. The third-order valence-electron chi connectivity index (χ3n) is 5.95. The Hall–Kier alpha value is -1.93. The number of fused-ring (bicyclic) bond motifs is 1. The molecule has 0 radical (unpaired) electrons. The van der Waals surface area contributed by atoms with Crippen LogP contribution in [0.2, 0.25) is 0 Å². The second kappa shape index (κ2) is 8.83. The van der Waals surface area contributed by atoms with Crippen molar-refractivity contribution in [2.75, 3.05) is 51.3 Å². The van der Waals surface area contributed by atoms with E-state index in [2.05, 4.69) is 38.8 Å². The lowest BCUT2D eigenvalue weighted by Gasteiger charge is -2.37. The van der Waals surface area contributed by atoms with Gasteiger partial charge in [-0.2, -0.15) is 0 Å². The second-order valence-corrected chi connectivity index (χ2v) is 9.51. The third kappa shape index (κ3) is 4.64. The maximum Gasteiger partial charge on any atom is 0.240 e. The molecule has 4 rings (SSSR count). The first-order valence-electron chi connectivity index (χ1n) is 10.3. The van der Waals surface area contributed by atoms with Gasteiger partial charge in [-0.15, -0.1) is 0 Å². The maximum atomic E-state index is 11.9. The molecule has 156 valence electrons. The number of benzene rings is 2. The molecule has 1 unspecified atom stereocenters. The van der Waals surface area contributed by atoms with Gasteiger partial charge in [0.1, 0.15) is 0 Å². The Morgan fingerprint density at radius 2 is 1.76 bits per heavy atom. The Bertz CT molecular complexity index is 923. The average molecular weight is 416 g/mol. The smallest absolute Gasteiger partial charge is 0.240 e. The van der Waals surface area contributed by atoms with Gasteiger partial charge in [-0.25, -0.2) is 13.1 Å². The van der Waals surface area contributed by atoms with Crippen LogP contribution in [-0.4, -0.2) is 59.7 Å². The summed E-state index contributed by atoms with van der Waals surface area (Å²) in [6, 6.07) is 15.8. The Labute approximate surface area is 173 Å². The quantitative estimate of drug-likeness (QED) is 0.785. The molecular formula is C22H29N3O3S. The van der Waals surface area contributed by atoms with Gasteiger partial charge in [0.15, 0.2) is 0 Å². The van der Waals surface area contributed by atoms with E-state index in [1.54, 1.807) is 12.1 Å². The fourth-order valence-electron chi connectivity index (χ4n) is 4.20. The zero-order valence-corrected chi connectivity index (χ0v) is 17.7. The highest BCUT2D eigenvalue weighted by molar-refractivity contribution is 7.89. The fraction of sp³-hybridized carbons (Fsp3) is 0.455. The van der Waals surface area contributed by atoms with Gasteiger partial charge >= 0.3 is 0 Å². The molecule has 2 aromatic rings. The number of hydrogen-bond acceptors (Lipinski definition) is 5. The molecule has 0 saturated carbocycles. The minimum absolute atomic E-state index is 0.208. The normalized spacial score (nSPS) is 20.4. The number of anilines is 1. The van der Waals surface area contributed by atoms with Crippen LogP contribution >= 0.6 is 0 Å². The number of rotatable bonds is 6. The van der Waals surface area contributed by atoms with Crippen LogP contribution in [0.5, 0.6) is 0 Å². The van der Waals surface area contributed by atoms with Crippen LogP contribution in [0, 0.1) is 0 Å². The van der Waals surface area contributed by atoms with E-state index < -0.39 is 10.0 Å². The topological polar surface area (TPSA) is 61.9 Å². The molecule has 2 aromatic carbocycles. The number of nitrogens with one attached hydrogen (secondary N) is 1. The Morgan fingerprint density at radius 1 is 1.03 bits per heavy atom. The van der Waals surface area contributed by atoms with Gasteiger partial charge in [0.05, 0.1) is 17.6 Å². The molecule has 0 bridgehead atoms. The van der Waals surface area contributed by atoms with Gasteiger partial charge < -0.3 is 9.64 Å². The summed E-state index contributed by atoms with van der Waals surface area (Å²) in [5, 5.41) is 0. The first-order chi connectivity index (χ1) is 14.1. The summed E-state index contributed by atoms with van der Waals surface area (Å²) in [4.78, 5) is 5.12. The number of ether oxygens (including phenoxy) is 1. The van der Waals surface area contributed by atoms with E-state index in [4.69, 9.17) is 4.74 Å². The highest BCUT2D eigenvalue weighted by atomic mass is 32.2. The van der Waals surface area contributed by atoms with Crippen molar-refractivity contribution in [3.05, 3.63) is 59.7 Å². The highest BCUT2D eigenvalue weighted by Crippen LogP contribution is 2.30. The van der Waals surface area contributed by atoms with Crippen LogP contribution in [0.4, 0.5) is 5.69 Å². The molecule has 1 saturated heterocycles. The van der Waals surface area contributed by atoms with Crippen molar-refractivity contribution in [1.29, 1.82) is 0 Å². The number of piperazine rings is 1. The van der Waals surface area contributed by atoms with Crippen LogP contribution in [0.1, 0.15) is 23.7 Å². The summed E-state index contributed by atoms with van der Waals surface area (Å²) < 4.78 is 32.1. The van der Waals surface area contributed by atoms with E-state index >= 15 is 0 Å². The molecule has 2 aliphatic rings. The average Bonchev–Trinajstić information content (AvgIpc) is 2.78. The molecule has 0 aromatic heterocycles. The molecule has 2 heterocycles. The zero-order valence-electron chi connectivity index (χ0n) is 16.9. The van der Waals surface area contributed by atoms with Crippen molar-refractivity contribution in [2.24, 2.45) is 0 Å². The molecule has 29 heavy (non-hydrogen) atoms. The number of hydrogen-bond donors (Lipinski definition) is 1.